The maximum Gasteiger partial charge on any atom is 0.301 e. The van der Waals surface area contributed by atoms with Crippen molar-refractivity contribution in [2.45, 2.75) is 5.03 Å². The lowest BCUT2D eigenvalue weighted by atomic mass is 10.1. The molecular weight excluding hydrogens is 406 g/mol. The van der Waals surface area contributed by atoms with E-state index in [0.717, 1.165) is 21.0 Å². The molecule has 0 unspecified atom stereocenters. The molecule has 0 fully saturated rings. The van der Waals surface area contributed by atoms with E-state index in [1.807, 2.05) is 24.3 Å². The van der Waals surface area contributed by atoms with E-state index >= 15 is 0 Å². The van der Waals surface area contributed by atoms with Crippen LogP contribution in [0.4, 0.5) is 0 Å². The molecule has 9 nitrogen and oxygen atoms in total. The fourth-order valence-corrected chi connectivity index (χ4v) is 4.58. The van der Waals surface area contributed by atoms with Crippen LogP contribution in [-0.2, 0) is 10.0 Å². The number of fused-ring (bicyclic) bond motifs is 2. The first-order valence-electron chi connectivity index (χ1n) is 8.87. The summed E-state index contributed by atoms with van der Waals surface area (Å²) in [5, 5.41) is 13.7. The fourth-order valence-electron chi connectivity index (χ4n) is 3.25. The quantitative estimate of drug-likeness (QED) is 0.475. The minimum Gasteiger partial charge on any atom is -0.506 e. The third kappa shape index (κ3) is 2.77. The molecule has 0 aliphatic rings. The molecule has 0 saturated heterocycles. The summed E-state index contributed by atoms with van der Waals surface area (Å²) in [7, 11) is -2.51. The molecule has 10 heteroatoms. The summed E-state index contributed by atoms with van der Waals surface area (Å²) in [6.07, 6.45) is 5.58. The van der Waals surface area contributed by atoms with Gasteiger partial charge in [-0.2, -0.15) is 17.6 Å². The van der Waals surface area contributed by atoms with Crippen LogP contribution < -0.4 is 4.74 Å². The zero-order valence-electron chi connectivity index (χ0n) is 15.7. The molecule has 4 aromatic heterocycles. The van der Waals surface area contributed by atoms with Gasteiger partial charge in [-0.25, -0.2) is 4.98 Å². The Morgan fingerprint density at radius 1 is 0.967 bits per heavy atom. The van der Waals surface area contributed by atoms with Gasteiger partial charge < -0.3 is 9.84 Å². The fraction of sp³-hybridized carbons (Fsp3) is 0.0500. The van der Waals surface area contributed by atoms with E-state index in [9.17, 15) is 13.5 Å². The molecule has 0 amide bonds. The summed E-state index contributed by atoms with van der Waals surface area (Å²) >= 11 is 0. The Hall–Kier alpha value is -3.92. The van der Waals surface area contributed by atoms with Crippen LogP contribution in [0, 0.1) is 0 Å². The number of rotatable bonds is 4. The average Bonchev–Trinajstić information content (AvgIpc) is 3.38. The van der Waals surface area contributed by atoms with Crippen LogP contribution in [0.15, 0.2) is 72.3 Å². The Kier molecular flexibility index (Phi) is 3.97. The Morgan fingerprint density at radius 3 is 2.53 bits per heavy atom. The van der Waals surface area contributed by atoms with Crippen molar-refractivity contribution in [1.82, 2.24) is 23.6 Å². The molecule has 30 heavy (non-hydrogen) atoms. The lowest BCUT2D eigenvalue weighted by Gasteiger charge is -2.07. The maximum atomic E-state index is 13.3. The van der Waals surface area contributed by atoms with Gasteiger partial charge in [0.15, 0.2) is 5.03 Å². The van der Waals surface area contributed by atoms with E-state index in [-0.39, 0.29) is 10.8 Å². The van der Waals surface area contributed by atoms with E-state index in [4.69, 9.17) is 4.74 Å². The third-order valence-corrected chi connectivity index (χ3v) is 6.34. The molecule has 1 N–H and O–H groups in total. The number of ether oxygens (including phenoxy) is 1. The largest absolute Gasteiger partial charge is 0.506 e. The van der Waals surface area contributed by atoms with Gasteiger partial charge in [0.05, 0.1) is 25.7 Å². The molecule has 0 saturated carbocycles. The highest BCUT2D eigenvalue weighted by molar-refractivity contribution is 7.90. The minimum atomic E-state index is -4.10. The number of nitrogens with zero attached hydrogens (tertiary/aromatic N) is 5. The van der Waals surface area contributed by atoms with E-state index in [1.165, 1.54) is 35.1 Å². The van der Waals surface area contributed by atoms with Crippen LogP contribution >= 0.6 is 0 Å². The Balaban J connectivity index is 1.67. The van der Waals surface area contributed by atoms with Gasteiger partial charge >= 0.3 is 10.0 Å². The number of hydrogen-bond donors (Lipinski definition) is 1. The van der Waals surface area contributed by atoms with Crippen LogP contribution in [0.2, 0.25) is 0 Å². The number of aromatic nitrogens is 5. The Labute approximate surface area is 170 Å². The van der Waals surface area contributed by atoms with E-state index in [2.05, 4.69) is 15.1 Å². The average molecular weight is 421 g/mol. The highest BCUT2D eigenvalue weighted by atomic mass is 32.2. The molecule has 0 radical (unpaired) electrons. The van der Waals surface area contributed by atoms with E-state index < -0.39 is 10.0 Å². The molecule has 0 aliphatic heterocycles. The van der Waals surface area contributed by atoms with Crippen molar-refractivity contribution in [2.24, 2.45) is 0 Å². The molecule has 150 valence electrons. The van der Waals surface area contributed by atoms with Crippen molar-refractivity contribution in [1.29, 1.82) is 0 Å². The normalized spacial score (nSPS) is 11.9. The number of hydrogen-bond acceptors (Lipinski definition) is 7. The van der Waals surface area contributed by atoms with Crippen molar-refractivity contribution in [3.63, 3.8) is 0 Å². The first kappa shape index (κ1) is 18.1. The molecular formula is C20H15N5O4S. The van der Waals surface area contributed by atoms with Crippen LogP contribution in [0.1, 0.15) is 0 Å². The second-order valence-electron chi connectivity index (χ2n) is 6.56. The van der Waals surface area contributed by atoms with Crippen molar-refractivity contribution in [3.8, 4) is 22.6 Å². The standard InChI is InChI=1S/C20H15N5O4S/c1-29-16-5-2-13(3-6-16)14-8-18-17(21-9-14)10-23-25(18)30(27,28)20-11-22-19-7-4-15(26)12-24(19)20/h2-12,26H,1H3. The first-order valence-corrected chi connectivity index (χ1v) is 10.3. The van der Waals surface area contributed by atoms with Gasteiger partial charge in [0.2, 0.25) is 0 Å². The molecule has 1 aromatic carbocycles. The van der Waals surface area contributed by atoms with E-state index in [0.29, 0.717) is 16.7 Å². The molecule has 0 aliphatic carbocycles. The predicted molar refractivity (Wildman–Crippen MR) is 109 cm³/mol. The topological polar surface area (TPSA) is 112 Å². The Bertz CT molecular complexity index is 1500. The van der Waals surface area contributed by atoms with Crippen molar-refractivity contribution < 1.29 is 18.3 Å². The number of pyridine rings is 2. The Morgan fingerprint density at radius 2 is 1.77 bits per heavy atom. The second kappa shape index (κ2) is 6.56. The van der Waals surface area contributed by atoms with Crippen LogP contribution in [0.25, 0.3) is 27.8 Å². The minimum absolute atomic E-state index is 0.0780. The van der Waals surface area contributed by atoms with Crippen molar-refractivity contribution in [2.75, 3.05) is 7.11 Å². The predicted octanol–water partition coefficient (Wildman–Crippen LogP) is 2.70. The molecule has 5 rings (SSSR count). The maximum absolute atomic E-state index is 13.3. The van der Waals surface area contributed by atoms with Gasteiger partial charge in [0.1, 0.15) is 28.2 Å². The lowest BCUT2D eigenvalue weighted by molar-refractivity contribution is 0.415. The van der Waals surface area contributed by atoms with Crippen LogP contribution in [0.5, 0.6) is 11.5 Å². The van der Waals surface area contributed by atoms with Gasteiger partial charge in [-0.05, 0) is 35.9 Å². The van der Waals surface area contributed by atoms with Crippen LogP contribution in [-0.4, -0.2) is 44.2 Å². The number of aromatic hydroxyl groups is 1. The van der Waals surface area contributed by atoms with Gasteiger partial charge in [0.25, 0.3) is 0 Å². The number of imidazole rings is 1. The molecule has 0 bridgehead atoms. The van der Waals surface area contributed by atoms with Gasteiger partial charge in [-0.1, -0.05) is 12.1 Å². The second-order valence-corrected chi connectivity index (χ2v) is 8.28. The smallest absolute Gasteiger partial charge is 0.301 e. The molecule has 0 spiro atoms. The number of benzene rings is 1. The molecule has 0 atom stereocenters. The SMILES string of the molecule is COc1ccc(-c2cnc3cnn(S(=O)(=O)c4cnc5ccc(O)cn45)c3c2)cc1. The highest BCUT2D eigenvalue weighted by Crippen LogP contribution is 2.27. The summed E-state index contributed by atoms with van der Waals surface area (Å²) in [5.74, 6) is 0.641. The zero-order valence-corrected chi connectivity index (χ0v) is 16.5. The summed E-state index contributed by atoms with van der Waals surface area (Å²) in [5.41, 5.74) is 2.75. The summed E-state index contributed by atoms with van der Waals surface area (Å²) in [6.45, 7) is 0. The van der Waals surface area contributed by atoms with Crippen molar-refractivity contribution >= 4 is 26.7 Å². The molecule has 4 heterocycles. The number of methoxy groups -OCH3 is 1. The third-order valence-electron chi connectivity index (χ3n) is 4.76. The van der Waals surface area contributed by atoms with Crippen molar-refractivity contribution in [3.05, 3.63) is 67.3 Å². The van der Waals surface area contributed by atoms with E-state index in [1.54, 1.807) is 19.4 Å². The lowest BCUT2D eigenvalue weighted by Crippen LogP contribution is -2.16. The summed E-state index contributed by atoms with van der Waals surface area (Å²) < 4.78 is 34.1. The summed E-state index contributed by atoms with van der Waals surface area (Å²) in [4.78, 5) is 8.45. The highest BCUT2D eigenvalue weighted by Gasteiger charge is 2.25. The zero-order chi connectivity index (χ0) is 20.9. The van der Waals surface area contributed by atoms with Crippen LogP contribution in [0.3, 0.4) is 0 Å². The summed E-state index contributed by atoms with van der Waals surface area (Å²) in [6, 6.07) is 12.0. The van der Waals surface area contributed by atoms with Gasteiger partial charge in [-0.15, -0.1) is 0 Å². The molecule has 5 aromatic rings. The monoisotopic (exact) mass is 421 g/mol. The first-order chi connectivity index (χ1) is 14.5. The van der Waals surface area contributed by atoms with Gasteiger partial charge in [0, 0.05) is 11.8 Å². The van der Waals surface area contributed by atoms with Gasteiger partial charge in [-0.3, -0.25) is 9.38 Å².